The summed E-state index contributed by atoms with van der Waals surface area (Å²) in [5, 5.41) is 11.0. The lowest BCUT2D eigenvalue weighted by atomic mass is 10.1. The van der Waals surface area contributed by atoms with Crippen molar-refractivity contribution in [1.29, 1.82) is 0 Å². The van der Waals surface area contributed by atoms with Crippen molar-refractivity contribution in [3.05, 3.63) is 53.6 Å². The maximum atomic E-state index is 12.3. The SMILES string of the molecule is COC(=O)c1ccc(C)c(NC(=O)CSc2nnc(-c3ccc(OC)cc3)o2)c1. The fourth-order valence-electron chi connectivity index (χ4n) is 2.43. The fraction of sp³-hybridized carbons (Fsp3) is 0.200. The number of nitrogens with one attached hydrogen (secondary N) is 1. The molecule has 0 atom stereocenters. The quantitative estimate of drug-likeness (QED) is 0.463. The number of carbonyl (C=O) groups excluding carboxylic acids is 2. The second kappa shape index (κ2) is 9.24. The van der Waals surface area contributed by atoms with Crippen molar-refractivity contribution in [1.82, 2.24) is 10.2 Å². The standard InChI is InChI=1S/C20H19N3O5S/c1-12-4-5-14(19(25)27-3)10-16(12)21-17(24)11-29-20-23-22-18(28-20)13-6-8-15(26-2)9-7-13/h4-10H,11H2,1-3H3,(H,21,24). The number of thioether (sulfide) groups is 1. The third-order valence-electron chi connectivity index (χ3n) is 4.00. The molecule has 0 radical (unpaired) electrons. The molecule has 0 spiro atoms. The second-order valence-electron chi connectivity index (χ2n) is 5.96. The lowest BCUT2D eigenvalue weighted by molar-refractivity contribution is -0.113. The van der Waals surface area contributed by atoms with Gasteiger partial charge < -0.3 is 19.2 Å². The van der Waals surface area contributed by atoms with Gasteiger partial charge in [0.05, 0.1) is 25.5 Å². The average molecular weight is 413 g/mol. The zero-order valence-electron chi connectivity index (χ0n) is 16.1. The number of rotatable bonds is 7. The average Bonchev–Trinajstić information content (AvgIpc) is 3.22. The van der Waals surface area contributed by atoms with Gasteiger partial charge in [-0.1, -0.05) is 17.8 Å². The van der Waals surface area contributed by atoms with Crippen molar-refractivity contribution in [3.8, 4) is 17.2 Å². The first kappa shape index (κ1) is 20.4. The molecule has 8 nitrogen and oxygen atoms in total. The molecule has 0 saturated heterocycles. The molecule has 0 unspecified atom stereocenters. The van der Waals surface area contributed by atoms with E-state index >= 15 is 0 Å². The van der Waals surface area contributed by atoms with E-state index in [2.05, 4.69) is 15.5 Å². The Morgan fingerprint density at radius 3 is 2.55 bits per heavy atom. The number of aryl methyl sites for hydroxylation is 1. The number of hydrogen-bond donors (Lipinski definition) is 1. The number of amides is 1. The third-order valence-corrected chi connectivity index (χ3v) is 4.82. The number of nitrogens with zero attached hydrogens (tertiary/aromatic N) is 2. The number of esters is 1. The van der Waals surface area contributed by atoms with E-state index < -0.39 is 5.97 Å². The molecule has 0 bridgehead atoms. The molecule has 3 rings (SSSR count). The normalized spacial score (nSPS) is 10.4. The Morgan fingerprint density at radius 1 is 1.10 bits per heavy atom. The predicted molar refractivity (Wildman–Crippen MR) is 108 cm³/mol. The Hall–Kier alpha value is -3.33. The van der Waals surface area contributed by atoms with E-state index in [1.807, 2.05) is 19.1 Å². The highest BCUT2D eigenvalue weighted by Crippen LogP contribution is 2.25. The van der Waals surface area contributed by atoms with Crippen LogP contribution >= 0.6 is 11.8 Å². The highest BCUT2D eigenvalue weighted by molar-refractivity contribution is 7.99. The smallest absolute Gasteiger partial charge is 0.337 e. The summed E-state index contributed by atoms with van der Waals surface area (Å²) in [5.41, 5.74) is 2.49. The molecule has 0 aliphatic carbocycles. The summed E-state index contributed by atoms with van der Waals surface area (Å²) in [5.74, 6) is 0.436. The van der Waals surface area contributed by atoms with Gasteiger partial charge in [0.2, 0.25) is 11.8 Å². The summed E-state index contributed by atoms with van der Waals surface area (Å²) in [6.07, 6.45) is 0. The molecule has 1 N–H and O–H groups in total. The molecule has 29 heavy (non-hydrogen) atoms. The Morgan fingerprint density at radius 2 is 1.86 bits per heavy atom. The van der Waals surface area contributed by atoms with Crippen LogP contribution in [-0.2, 0) is 9.53 Å². The topological polar surface area (TPSA) is 104 Å². The van der Waals surface area contributed by atoms with Crippen LogP contribution in [0.4, 0.5) is 5.69 Å². The van der Waals surface area contributed by atoms with Crippen LogP contribution in [0.25, 0.3) is 11.5 Å². The van der Waals surface area contributed by atoms with Gasteiger partial charge in [-0.3, -0.25) is 4.79 Å². The van der Waals surface area contributed by atoms with E-state index in [1.54, 1.807) is 37.4 Å². The summed E-state index contributed by atoms with van der Waals surface area (Å²) < 4.78 is 15.4. The summed E-state index contributed by atoms with van der Waals surface area (Å²) in [6, 6.07) is 12.2. The molecule has 0 aliphatic heterocycles. The Kier molecular flexibility index (Phi) is 6.50. The van der Waals surface area contributed by atoms with Gasteiger partial charge in [-0.25, -0.2) is 4.79 Å². The molecule has 9 heteroatoms. The number of benzene rings is 2. The molecule has 1 heterocycles. The monoisotopic (exact) mass is 413 g/mol. The Balaban J connectivity index is 1.60. The van der Waals surface area contributed by atoms with Gasteiger partial charge >= 0.3 is 5.97 Å². The minimum absolute atomic E-state index is 0.0755. The van der Waals surface area contributed by atoms with Crippen LogP contribution in [0.5, 0.6) is 5.75 Å². The Labute approximate surface area is 171 Å². The van der Waals surface area contributed by atoms with E-state index in [4.69, 9.17) is 13.9 Å². The number of hydrogen-bond acceptors (Lipinski definition) is 8. The summed E-state index contributed by atoms with van der Waals surface area (Å²) >= 11 is 1.12. The first-order valence-corrected chi connectivity index (χ1v) is 9.58. The molecule has 150 valence electrons. The van der Waals surface area contributed by atoms with Crippen LogP contribution in [0, 0.1) is 6.92 Å². The Bertz CT molecular complexity index is 1020. The number of aromatic nitrogens is 2. The molecular weight excluding hydrogens is 394 g/mol. The number of methoxy groups -OCH3 is 2. The van der Waals surface area contributed by atoms with Crippen LogP contribution in [0.15, 0.2) is 52.1 Å². The first-order valence-electron chi connectivity index (χ1n) is 8.59. The lowest BCUT2D eigenvalue weighted by Crippen LogP contribution is -2.15. The predicted octanol–water partition coefficient (Wildman–Crippen LogP) is 3.57. The van der Waals surface area contributed by atoms with E-state index in [9.17, 15) is 9.59 Å². The van der Waals surface area contributed by atoms with Crippen molar-refractivity contribution in [2.24, 2.45) is 0 Å². The molecule has 1 aromatic heterocycles. The van der Waals surface area contributed by atoms with Gasteiger partial charge in [0.1, 0.15) is 5.75 Å². The van der Waals surface area contributed by atoms with Gasteiger partial charge in [0.25, 0.3) is 5.22 Å². The molecule has 3 aromatic rings. The summed E-state index contributed by atoms with van der Waals surface area (Å²) in [4.78, 5) is 23.9. The number of carbonyl (C=O) groups is 2. The second-order valence-corrected chi connectivity index (χ2v) is 6.89. The minimum atomic E-state index is -0.466. The van der Waals surface area contributed by atoms with Crippen LogP contribution in [0.3, 0.4) is 0 Å². The molecule has 1 amide bonds. The van der Waals surface area contributed by atoms with Crippen LogP contribution in [0.2, 0.25) is 0 Å². The van der Waals surface area contributed by atoms with E-state index in [-0.39, 0.29) is 16.9 Å². The van der Waals surface area contributed by atoms with Crippen molar-refractivity contribution in [2.45, 2.75) is 12.1 Å². The first-order chi connectivity index (χ1) is 14.0. The van der Waals surface area contributed by atoms with Crippen molar-refractivity contribution >= 4 is 29.3 Å². The highest BCUT2D eigenvalue weighted by Gasteiger charge is 2.13. The summed E-state index contributed by atoms with van der Waals surface area (Å²) in [7, 11) is 2.90. The van der Waals surface area contributed by atoms with Gasteiger partial charge in [-0.2, -0.15) is 0 Å². The van der Waals surface area contributed by atoms with Crippen molar-refractivity contribution < 1.29 is 23.5 Å². The van der Waals surface area contributed by atoms with E-state index in [0.717, 1.165) is 28.6 Å². The van der Waals surface area contributed by atoms with Gasteiger partial charge in [0.15, 0.2) is 0 Å². The van der Waals surface area contributed by atoms with Gasteiger partial charge in [-0.15, -0.1) is 10.2 Å². The van der Waals surface area contributed by atoms with Crippen LogP contribution < -0.4 is 10.1 Å². The summed E-state index contributed by atoms with van der Waals surface area (Å²) in [6.45, 7) is 1.84. The van der Waals surface area contributed by atoms with E-state index in [1.165, 1.54) is 7.11 Å². The maximum Gasteiger partial charge on any atom is 0.337 e. The molecular formula is C20H19N3O5S. The maximum absolute atomic E-state index is 12.3. The fourth-order valence-corrected chi connectivity index (χ4v) is 3.00. The number of ether oxygens (including phenoxy) is 2. The molecule has 0 fully saturated rings. The van der Waals surface area contributed by atoms with Crippen LogP contribution in [0.1, 0.15) is 15.9 Å². The van der Waals surface area contributed by atoms with Crippen molar-refractivity contribution in [3.63, 3.8) is 0 Å². The number of anilines is 1. The molecule has 0 aliphatic rings. The van der Waals surface area contributed by atoms with Gasteiger partial charge in [-0.05, 0) is 48.9 Å². The highest BCUT2D eigenvalue weighted by atomic mass is 32.2. The van der Waals surface area contributed by atoms with Gasteiger partial charge in [0, 0.05) is 11.3 Å². The largest absolute Gasteiger partial charge is 0.497 e. The van der Waals surface area contributed by atoms with Crippen LogP contribution in [-0.4, -0.2) is 42.0 Å². The lowest BCUT2D eigenvalue weighted by Gasteiger charge is -2.09. The zero-order valence-corrected chi connectivity index (χ0v) is 16.9. The minimum Gasteiger partial charge on any atom is -0.497 e. The molecule has 0 saturated carbocycles. The van der Waals surface area contributed by atoms with Crippen molar-refractivity contribution in [2.75, 3.05) is 25.3 Å². The molecule has 2 aromatic carbocycles. The third kappa shape index (κ3) is 5.14. The van der Waals surface area contributed by atoms with E-state index in [0.29, 0.717) is 17.1 Å². The zero-order chi connectivity index (χ0) is 20.8.